The van der Waals surface area contributed by atoms with E-state index in [1.807, 2.05) is 0 Å². The number of carbonyl (C=O) groups is 4. The van der Waals surface area contributed by atoms with Gasteiger partial charge in [-0.3, -0.25) is 14.4 Å². The Bertz CT molecular complexity index is 1220. The zero-order valence-corrected chi connectivity index (χ0v) is 16.5. The summed E-state index contributed by atoms with van der Waals surface area (Å²) in [6, 6.07) is 14.5. The first-order valence-corrected chi connectivity index (χ1v) is 9.50. The molecule has 0 bridgehead atoms. The number of ether oxygens (including phenoxy) is 1. The number of anilines is 1. The van der Waals surface area contributed by atoms with Gasteiger partial charge in [0.2, 0.25) is 0 Å². The van der Waals surface area contributed by atoms with Gasteiger partial charge in [0.25, 0.3) is 5.91 Å². The smallest absolute Gasteiger partial charge is 0.331 e. The van der Waals surface area contributed by atoms with Crippen molar-refractivity contribution in [2.45, 2.75) is 13.0 Å². The summed E-state index contributed by atoms with van der Waals surface area (Å²) in [4.78, 5) is 50.3. The van der Waals surface area contributed by atoms with Crippen LogP contribution in [0.5, 0.6) is 0 Å². The lowest BCUT2D eigenvalue weighted by Crippen LogP contribution is -2.31. The number of rotatable bonds is 5. The van der Waals surface area contributed by atoms with E-state index in [4.69, 9.17) is 9.15 Å². The molecule has 154 valence electrons. The first kappa shape index (κ1) is 20.0. The maximum atomic E-state index is 13.0. The standard InChI is InChI=1S/C24H17NO6/c1-14(31-20(26)12-11-15-6-5-13-30-15)24(29)25-19-10-4-9-18-21(19)23(28)17-8-3-2-7-16(17)22(18)27/h2-14H,1H3,(H,25,29)/b12-11+. The Balaban J connectivity index is 1.51. The summed E-state index contributed by atoms with van der Waals surface area (Å²) in [6.45, 7) is 1.41. The highest BCUT2D eigenvalue weighted by Gasteiger charge is 2.32. The minimum absolute atomic E-state index is 0.121. The van der Waals surface area contributed by atoms with Gasteiger partial charge in [0.05, 0.1) is 17.5 Å². The molecule has 1 aliphatic carbocycles. The summed E-state index contributed by atoms with van der Waals surface area (Å²) in [5.74, 6) is -1.54. The fraction of sp³-hybridized carbons (Fsp3) is 0.0833. The van der Waals surface area contributed by atoms with Gasteiger partial charge in [0.1, 0.15) is 5.76 Å². The van der Waals surface area contributed by atoms with E-state index in [2.05, 4.69) is 5.32 Å². The Kier molecular flexibility index (Phi) is 5.32. The number of furan rings is 1. The normalized spacial score (nSPS) is 13.5. The van der Waals surface area contributed by atoms with Crippen molar-refractivity contribution >= 4 is 35.2 Å². The Labute approximate surface area is 177 Å². The van der Waals surface area contributed by atoms with Crippen molar-refractivity contribution in [2.75, 3.05) is 5.32 Å². The van der Waals surface area contributed by atoms with Crippen molar-refractivity contribution in [2.24, 2.45) is 0 Å². The van der Waals surface area contributed by atoms with Crippen LogP contribution in [-0.2, 0) is 14.3 Å². The molecule has 1 amide bonds. The van der Waals surface area contributed by atoms with Gasteiger partial charge in [-0.2, -0.15) is 0 Å². The average molecular weight is 415 g/mol. The number of nitrogens with one attached hydrogen (secondary N) is 1. The molecule has 0 fully saturated rings. The second kappa shape index (κ2) is 8.23. The van der Waals surface area contributed by atoms with E-state index in [1.165, 1.54) is 25.3 Å². The van der Waals surface area contributed by atoms with Crippen molar-refractivity contribution in [1.29, 1.82) is 0 Å². The number of amides is 1. The SMILES string of the molecule is CC(OC(=O)/C=C/c1ccco1)C(=O)Nc1cccc2c1C(=O)c1ccccc1C2=O. The second-order valence-corrected chi connectivity index (χ2v) is 6.85. The summed E-state index contributed by atoms with van der Waals surface area (Å²) in [6.07, 6.45) is 2.90. The quantitative estimate of drug-likeness (QED) is 0.394. The molecular weight excluding hydrogens is 398 g/mol. The highest BCUT2D eigenvalue weighted by Crippen LogP contribution is 2.32. The van der Waals surface area contributed by atoms with Crippen LogP contribution < -0.4 is 5.32 Å². The van der Waals surface area contributed by atoms with E-state index < -0.39 is 18.0 Å². The van der Waals surface area contributed by atoms with Crippen LogP contribution in [0, 0.1) is 0 Å². The Hall–Kier alpha value is -4.26. The fourth-order valence-corrected chi connectivity index (χ4v) is 3.29. The molecular formula is C24H17NO6. The molecule has 7 nitrogen and oxygen atoms in total. The number of carbonyl (C=O) groups excluding carboxylic acids is 4. The minimum atomic E-state index is -1.13. The second-order valence-electron chi connectivity index (χ2n) is 6.85. The lowest BCUT2D eigenvalue weighted by atomic mass is 9.83. The average Bonchev–Trinajstić information content (AvgIpc) is 3.29. The van der Waals surface area contributed by atoms with Crippen LogP contribution in [0.2, 0.25) is 0 Å². The third-order valence-electron chi connectivity index (χ3n) is 4.80. The van der Waals surface area contributed by atoms with Gasteiger partial charge in [-0.1, -0.05) is 36.4 Å². The highest BCUT2D eigenvalue weighted by atomic mass is 16.5. The number of hydrogen-bond acceptors (Lipinski definition) is 6. The molecule has 0 saturated heterocycles. The van der Waals surface area contributed by atoms with Gasteiger partial charge in [0.15, 0.2) is 17.7 Å². The molecule has 0 radical (unpaired) electrons. The predicted octanol–water partition coefficient (Wildman–Crippen LogP) is 3.64. The molecule has 0 aliphatic heterocycles. The van der Waals surface area contributed by atoms with Crippen molar-refractivity contribution < 1.29 is 28.3 Å². The molecule has 1 heterocycles. The van der Waals surface area contributed by atoms with Gasteiger partial charge >= 0.3 is 5.97 Å². The Morgan fingerprint density at radius 3 is 2.35 bits per heavy atom. The molecule has 0 saturated carbocycles. The molecule has 31 heavy (non-hydrogen) atoms. The minimum Gasteiger partial charge on any atom is -0.465 e. The van der Waals surface area contributed by atoms with Gasteiger partial charge in [-0.05, 0) is 31.2 Å². The van der Waals surface area contributed by atoms with Crippen LogP contribution in [-0.4, -0.2) is 29.5 Å². The van der Waals surface area contributed by atoms with Crippen molar-refractivity contribution in [3.8, 4) is 0 Å². The molecule has 4 rings (SSSR count). The first-order chi connectivity index (χ1) is 15.0. The maximum Gasteiger partial charge on any atom is 0.331 e. The molecule has 1 atom stereocenters. The number of benzene rings is 2. The van der Waals surface area contributed by atoms with E-state index >= 15 is 0 Å². The Morgan fingerprint density at radius 2 is 1.65 bits per heavy atom. The van der Waals surface area contributed by atoms with E-state index in [0.717, 1.165) is 6.08 Å². The van der Waals surface area contributed by atoms with Crippen molar-refractivity contribution in [3.63, 3.8) is 0 Å². The fourth-order valence-electron chi connectivity index (χ4n) is 3.29. The molecule has 7 heteroatoms. The largest absolute Gasteiger partial charge is 0.465 e. The molecule has 1 unspecified atom stereocenters. The van der Waals surface area contributed by atoms with Crippen LogP contribution >= 0.6 is 0 Å². The number of ketones is 2. The number of fused-ring (bicyclic) bond motifs is 2. The van der Waals surface area contributed by atoms with Crippen LogP contribution in [0.25, 0.3) is 6.08 Å². The van der Waals surface area contributed by atoms with Crippen molar-refractivity contribution in [1.82, 2.24) is 0 Å². The molecule has 2 aromatic carbocycles. The Morgan fingerprint density at radius 1 is 0.935 bits per heavy atom. The van der Waals surface area contributed by atoms with Gasteiger partial charge in [-0.15, -0.1) is 0 Å². The predicted molar refractivity (Wildman–Crippen MR) is 112 cm³/mol. The van der Waals surface area contributed by atoms with Crippen molar-refractivity contribution in [3.05, 3.63) is 95.0 Å². The summed E-state index contributed by atoms with van der Waals surface area (Å²) in [5.41, 5.74) is 1.13. The third-order valence-corrected chi connectivity index (χ3v) is 4.80. The van der Waals surface area contributed by atoms with Crippen LogP contribution in [0.3, 0.4) is 0 Å². The summed E-state index contributed by atoms with van der Waals surface area (Å²) in [5, 5.41) is 2.59. The monoisotopic (exact) mass is 415 g/mol. The molecule has 1 aromatic heterocycles. The van der Waals surface area contributed by atoms with E-state index in [1.54, 1.807) is 48.5 Å². The third kappa shape index (κ3) is 3.93. The van der Waals surface area contributed by atoms with Gasteiger partial charge < -0.3 is 14.5 Å². The van der Waals surface area contributed by atoms with Crippen LogP contribution in [0.15, 0.2) is 71.4 Å². The van der Waals surface area contributed by atoms with Crippen LogP contribution in [0.4, 0.5) is 5.69 Å². The lowest BCUT2D eigenvalue weighted by Gasteiger charge is -2.21. The molecule has 1 aliphatic rings. The topological polar surface area (TPSA) is 103 Å². The van der Waals surface area contributed by atoms with E-state index in [0.29, 0.717) is 11.3 Å². The molecule has 1 N–H and O–H groups in total. The first-order valence-electron chi connectivity index (χ1n) is 9.50. The summed E-state index contributed by atoms with van der Waals surface area (Å²) >= 11 is 0. The lowest BCUT2D eigenvalue weighted by molar-refractivity contribution is -0.148. The number of esters is 1. The molecule has 3 aromatic rings. The van der Waals surface area contributed by atoms with E-state index in [-0.39, 0.29) is 33.9 Å². The molecule has 0 spiro atoms. The van der Waals surface area contributed by atoms with Crippen LogP contribution in [0.1, 0.15) is 44.5 Å². The zero-order valence-electron chi connectivity index (χ0n) is 16.5. The number of hydrogen-bond donors (Lipinski definition) is 1. The van der Waals surface area contributed by atoms with E-state index in [9.17, 15) is 19.2 Å². The summed E-state index contributed by atoms with van der Waals surface area (Å²) in [7, 11) is 0. The van der Waals surface area contributed by atoms with Gasteiger partial charge in [0, 0.05) is 22.8 Å². The van der Waals surface area contributed by atoms with Gasteiger partial charge in [-0.25, -0.2) is 4.79 Å². The maximum absolute atomic E-state index is 13.0. The zero-order chi connectivity index (χ0) is 22.0. The summed E-state index contributed by atoms with van der Waals surface area (Å²) < 4.78 is 10.2. The highest BCUT2D eigenvalue weighted by molar-refractivity contribution is 6.30.